The summed E-state index contributed by atoms with van der Waals surface area (Å²) in [6, 6.07) is 2.98. The minimum absolute atomic E-state index is 0.0529. The molecule has 2 aromatic heterocycles. The lowest BCUT2D eigenvalue weighted by atomic mass is 10.0. The molecule has 3 aromatic rings. The predicted molar refractivity (Wildman–Crippen MR) is 138 cm³/mol. The molecule has 0 spiro atoms. The van der Waals surface area contributed by atoms with Gasteiger partial charge in [-0.3, -0.25) is 4.79 Å². The van der Waals surface area contributed by atoms with Crippen LogP contribution in [0.3, 0.4) is 0 Å². The van der Waals surface area contributed by atoms with Crippen LogP contribution in [0.25, 0.3) is 22.2 Å². The van der Waals surface area contributed by atoms with Gasteiger partial charge in [0.2, 0.25) is 5.95 Å². The van der Waals surface area contributed by atoms with Crippen LogP contribution < -0.4 is 21.3 Å². The fraction of sp³-hybridized carbons (Fsp3) is 0.480. The highest BCUT2D eigenvalue weighted by Gasteiger charge is 2.37. The third kappa shape index (κ3) is 5.29. The van der Waals surface area contributed by atoms with E-state index in [4.69, 9.17) is 0 Å². The van der Waals surface area contributed by atoms with Crippen LogP contribution in [-0.4, -0.2) is 65.5 Å². The van der Waals surface area contributed by atoms with Crippen molar-refractivity contribution in [3.05, 3.63) is 35.7 Å². The first-order valence-electron chi connectivity index (χ1n) is 12.5. The third-order valence-electron chi connectivity index (χ3n) is 7.10. The molecule has 3 aliphatic rings. The van der Waals surface area contributed by atoms with Gasteiger partial charge in [-0.2, -0.15) is 13.2 Å². The van der Waals surface area contributed by atoms with Crippen LogP contribution in [-0.2, 0) is 10.7 Å². The first-order valence-corrected chi connectivity index (χ1v) is 15.1. The van der Waals surface area contributed by atoms with Crippen LogP contribution in [0, 0.1) is 0 Å². The Labute approximate surface area is 216 Å². The molecule has 2 aliphatic heterocycles. The van der Waals surface area contributed by atoms with Crippen molar-refractivity contribution in [2.75, 3.05) is 31.7 Å². The molecule has 13 heteroatoms. The Bertz CT molecular complexity index is 1420. The summed E-state index contributed by atoms with van der Waals surface area (Å²) in [5.41, 5.74) is -0.820. The quantitative estimate of drug-likeness (QED) is 0.265. The number of nitrogens with one attached hydrogen (secondary N) is 4. The molecule has 8 bridgehead atoms. The number of hydrogen-bond donors (Lipinski definition) is 4. The van der Waals surface area contributed by atoms with Gasteiger partial charge in [-0.1, -0.05) is 6.07 Å². The van der Waals surface area contributed by atoms with E-state index in [2.05, 4.69) is 30.9 Å². The number of anilines is 1. The number of fused-ring (bicyclic) bond motifs is 7. The van der Waals surface area contributed by atoms with Crippen LogP contribution in [0.15, 0.2) is 24.5 Å². The number of aromatic nitrogens is 3. The summed E-state index contributed by atoms with van der Waals surface area (Å²) in [7, 11) is -3.13. The van der Waals surface area contributed by atoms with Gasteiger partial charge < -0.3 is 25.5 Å². The van der Waals surface area contributed by atoms with E-state index in [0.29, 0.717) is 18.4 Å². The molecule has 3 atom stereocenters. The van der Waals surface area contributed by atoms with Crippen molar-refractivity contribution >= 4 is 35.2 Å². The highest BCUT2D eigenvalue weighted by molar-refractivity contribution is 7.70. The molecule has 204 valence electrons. The largest absolute Gasteiger partial charge is 0.419 e. The first-order chi connectivity index (χ1) is 17.9. The zero-order valence-corrected chi connectivity index (χ0v) is 21.8. The van der Waals surface area contributed by atoms with Gasteiger partial charge in [0.15, 0.2) is 0 Å². The standard InChI is InChI=1S/C25H29F4N6O2P/c1-38(2,37)22-17-6-5-16-18(11-31-21(16)22)20-19(25(27,28)29)12-33-24(35-20)34-15-4-3-14(9-15)30-8-7-13(26)10-32-23(17)36/h5-6,11-15,30-31H,3-4,7-10H2,1-2H3,(H,32,36)(H,33,34,35)/t13-,14-,15-/m0/s1. The number of alkyl halides is 4. The summed E-state index contributed by atoms with van der Waals surface area (Å²) in [6.45, 7) is 3.15. The van der Waals surface area contributed by atoms with Crippen molar-refractivity contribution in [2.24, 2.45) is 0 Å². The van der Waals surface area contributed by atoms with Crippen LogP contribution >= 0.6 is 7.14 Å². The Balaban J connectivity index is 1.69. The number of hydrogen-bond acceptors (Lipinski definition) is 6. The van der Waals surface area contributed by atoms with Gasteiger partial charge in [0.1, 0.15) is 18.9 Å². The van der Waals surface area contributed by atoms with Crippen molar-refractivity contribution in [2.45, 2.75) is 50.1 Å². The predicted octanol–water partition coefficient (Wildman–Crippen LogP) is 4.29. The Morgan fingerprint density at radius 3 is 2.58 bits per heavy atom. The van der Waals surface area contributed by atoms with Crippen LogP contribution in [0.1, 0.15) is 41.6 Å². The average molecular weight is 553 g/mol. The Hall–Kier alpha value is -2.98. The zero-order valence-electron chi connectivity index (χ0n) is 21.0. The van der Waals surface area contributed by atoms with E-state index in [0.717, 1.165) is 19.0 Å². The molecule has 1 aliphatic carbocycles. The average Bonchev–Trinajstić information content (AvgIpc) is 3.46. The summed E-state index contributed by atoms with van der Waals surface area (Å²) in [4.78, 5) is 24.2. The molecule has 0 unspecified atom stereocenters. The number of carbonyl (C=O) groups is 1. The fourth-order valence-electron chi connectivity index (χ4n) is 5.31. The summed E-state index contributed by atoms with van der Waals surface area (Å²) < 4.78 is 70.0. The normalized spacial score (nSPS) is 23.1. The molecule has 0 radical (unpaired) electrons. The minimum Gasteiger partial charge on any atom is -0.360 e. The van der Waals surface area contributed by atoms with E-state index in [1.807, 2.05) is 0 Å². The summed E-state index contributed by atoms with van der Waals surface area (Å²) in [5.74, 6) is -0.527. The Morgan fingerprint density at radius 2 is 1.84 bits per heavy atom. The van der Waals surface area contributed by atoms with E-state index in [9.17, 15) is 26.9 Å². The smallest absolute Gasteiger partial charge is 0.360 e. The van der Waals surface area contributed by atoms with Crippen molar-refractivity contribution in [3.8, 4) is 11.3 Å². The molecule has 6 rings (SSSR count). The van der Waals surface area contributed by atoms with E-state index in [-0.39, 0.29) is 58.6 Å². The third-order valence-corrected chi connectivity index (χ3v) is 8.64. The monoisotopic (exact) mass is 552 g/mol. The van der Waals surface area contributed by atoms with E-state index in [1.165, 1.54) is 31.7 Å². The number of amides is 1. The number of benzene rings is 1. The second-order valence-electron chi connectivity index (χ2n) is 10.3. The summed E-state index contributed by atoms with van der Waals surface area (Å²) >= 11 is 0. The lowest BCUT2D eigenvalue weighted by Gasteiger charge is -2.17. The maximum Gasteiger partial charge on any atom is 0.419 e. The van der Waals surface area contributed by atoms with Crippen LogP contribution in [0.2, 0.25) is 0 Å². The topological polar surface area (TPSA) is 112 Å². The van der Waals surface area contributed by atoms with Gasteiger partial charge in [-0.05, 0) is 51.6 Å². The van der Waals surface area contributed by atoms with Gasteiger partial charge in [0.05, 0.1) is 16.8 Å². The molecule has 0 saturated heterocycles. The highest BCUT2D eigenvalue weighted by atomic mass is 31.2. The number of nitrogens with zero attached hydrogens (tertiary/aromatic N) is 2. The zero-order chi connectivity index (χ0) is 27.2. The maximum absolute atomic E-state index is 14.6. The number of halogens is 4. The second kappa shape index (κ2) is 9.96. The van der Waals surface area contributed by atoms with Crippen LogP contribution in [0.4, 0.5) is 23.5 Å². The van der Waals surface area contributed by atoms with Gasteiger partial charge in [-0.15, -0.1) is 0 Å². The first kappa shape index (κ1) is 26.6. The van der Waals surface area contributed by atoms with Crippen molar-refractivity contribution in [3.63, 3.8) is 0 Å². The van der Waals surface area contributed by atoms with E-state index < -0.39 is 31.0 Å². The van der Waals surface area contributed by atoms with Crippen molar-refractivity contribution in [1.29, 1.82) is 0 Å². The molecule has 38 heavy (non-hydrogen) atoms. The van der Waals surface area contributed by atoms with E-state index in [1.54, 1.807) is 0 Å². The lowest BCUT2D eigenvalue weighted by molar-refractivity contribution is -0.137. The Morgan fingerprint density at radius 1 is 1.08 bits per heavy atom. The maximum atomic E-state index is 14.6. The molecule has 1 aromatic carbocycles. The van der Waals surface area contributed by atoms with Crippen molar-refractivity contribution < 1.29 is 26.9 Å². The molecule has 1 fully saturated rings. The van der Waals surface area contributed by atoms with Gasteiger partial charge >= 0.3 is 6.18 Å². The van der Waals surface area contributed by atoms with E-state index >= 15 is 0 Å². The number of carbonyl (C=O) groups excluding carboxylic acids is 1. The fourth-order valence-corrected chi connectivity index (χ4v) is 6.79. The summed E-state index contributed by atoms with van der Waals surface area (Å²) in [6.07, 6.45) is -1.39. The lowest BCUT2D eigenvalue weighted by Crippen LogP contribution is -2.35. The van der Waals surface area contributed by atoms with Crippen molar-refractivity contribution in [1.82, 2.24) is 25.6 Å². The van der Waals surface area contributed by atoms with Gasteiger partial charge in [-0.25, -0.2) is 14.4 Å². The molecule has 4 heterocycles. The minimum atomic E-state index is -4.72. The number of H-pyrrole nitrogens is 1. The number of rotatable bonds is 1. The molecule has 1 saturated carbocycles. The van der Waals surface area contributed by atoms with Crippen LogP contribution in [0.5, 0.6) is 0 Å². The highest BCUT2D eigenvalue weighted by Crippen LogP contribution is 2.43. The molecular formula is C25H29F4N6O2P. The molecule has 4 N–H and O–H groups in total. The number of aromatic amines is 1. The SMILES string of the molecule is CP(C)(=O)c1c2ccc3c(c[nH]c13)-c1nc(ncc1C(F)(F)F)N[C@H]1CC[C@@H](C1)NCC[C@H](F)CNC2=O. The summed E-state index contributed by atoms with van der Waals surface area (Å²) in [5, 5.41) is 9.58. The Kier molecular flexibility index (Phi) is 6.98. The molecule has 8 nitrogen and oxygen atoms in total. The molecular weight excluding hydrogens is 523 g/mol. The molecule has 1 amide bonds. The van der Waals surface area contributed by atoms with Gasteiger partial charge in [0.25, 0.3) is 5.91 Å². The van der Waals surface area contributed by atoms with Gasteiger partial charge in [0, 0.05) is 47.3 Å². The second-order valence-corrected chi connectivity index (χ2v) is 13.4.